The molecule has 0 unspecified atom stereocenters. The summed E-state index contributed by atoms with van der Waals surface area (Å²) < 4.78 is 0. The molecule has 2 aromatic heterocycles. The monoisotopic (exact) mass is 298 g/mol. The third-order valence-electron chi connectivity index (χ3n) is 3.84. The Morgan fingerprint density at radius 2 is 2.00 bits per heavy atom. The molecule has 6 heteroatoms. The van der Waals surface area contributed by atoms with Gasteiger partial charge in [-0.2, -0.15) is 0 Å². The highest BCUT2D eigenvalue weighted by atomic mass is 16.2. The summed E-state index contributed by atoms with van der Waals surface area (Å²) in [6.45, 7) is 1.26. The number of H-pyrrole nitrogens is 1. The van der Waals surface area contributed by atoms with E-state index in [9.17, 15) is 9.59 Å². The van der Waals surface area contributed by atoms with Crippen LogP contribution in [0.5, 0.6) is 0 Å². The van der Waals surface area contributed by atoms with Crippen molar-refractivity contribution >= 4 is 11.8 Å². The number of hydrogen-bond acceptors (Lipinski definition) is 3. The summed E-state index contributed by atoms with van der Waals surface area (Å²) in [6, 6.07) is 8.96. The topological polar surface area (TPSA) is 78.1 Å². The van der Waals surface area contributed by atoms with Crippen LogP contribution < -0.4 is 5.32 Å². The molecule has 22 heavy (non-hydrogen) atoms. The number of nitrogens with zero attached hydrogens (tertiary/aromatic N) is 2. The molecular formula is C16H18N4O2. The van der Waals surface area contributed by atoms with Crippen LogP contribution >= 0.6 is 0 Å². The van der Waals surface area contributed by atoms with Crippen molar-refractivity contribution in [1.29, 1.82) is 0 Å². The molecule has 3 rings (SSSR count). The molecule has 0 aliphatic carbocycles. The van der Waals surface area contributed by atoms with Crippen molar-refractivity contribution in [1.82, 2.24) is 20.2 Å². The van der Waals surface area contributed by atoms with E-state index in [0.717, 1.165) is 12.8 Å². The van der Waals surface area contributed by atoms with Crippen molar-refractivity contribution in [2.45, 2.75) is 18.9 Å². The van der Waals surface area contributed by atoms with Crippen LogP contribution in [-0.4, -0.2) is 45.8 Å². The number of likely N-dealkylation sites (tertiary alicyclic amines) is 1. The predicted octanol–water partition coefficient (Wildman–Crippen LogP) is 1.44. The standard InChI is InChI=1S/C16H18N4O2/c21-15(13-5-3-9-17-13)19-12-6-10-20(11-7-12)16(22)14-4-1-2-8-18-14/h1-5,8-9,12,17H,6-7,10-11H2,(H,19,21). The molecule has 114 valence electrons. The number of carbonyl (C=O) groups is 2. The zero-order valence-corrected chi connectivity index (χ0v) is 12.2. The van der Waals surface area contributed by atoms with Crippen molar-refractivity contribution in [3.63, 3.8) is 0 Å². The molecule has 1 fully saturated rings. The highest BCUT2D eigenvalue weighted by Gasteiger charge is 2.25. The smallest absolute Gasteiger partial charge is 0.272 e. The molecule has 0 radical (unpaired) electrons. The van der Waals surface area contributed by atoms with Gasteiger partial charge in [0.2, 0.25) is 0 Å². The maximum Gasteiger partial charge on any atom is 0.272 e. The summed E-state index contributed by atoms with van der Waals surface area (Å²) in [5, 5.41) is 3.00. The van der Waals surface area contributed by atoms with Gasteiger partial charge >= 0.3 is 0 Å². The van der Waals surface area contributed by atoms with Crippen LogP contribution in [0.3, 0.4) is 0 Å². The number of piperidine rings is 1. The third kappa shape index (κ3) is 3.16. The Hall–Kier alpha value is -2.63. The number of amides is 2. The van der Waals surface area contributed by atoms with Crippen LogP contribution in [0, 0.1) is 0 Å². The van der Waals surface area contributed by atoms with Gasteiger partial charge in [0.1, 0.15) is 11.4 Å². The minimum Gasteiger partial charge on any atom is -0.357 e. The molecule has 2 N–H and O–H groups in total. The maximum absolute atomic E-state index is 12.3. The third-order valence-corrected chi connectivity index (χ3v) is 3.84. The molecule has 6 nitrogen and oxygen atoms in total. The van der Waals surface area contributed by atoms with Crippen LogP contribution in [0.25, 0.3) is 0 Å². The fourth-order valence-corrected chi connectivity index (χ4v) is 2.61. The predicted molar refractivity (Wildman–Crippen MR) is 81.4 cm³/mol. The first-order valence-corrected chi connectivity index (χ1v) is 7.38. The first-order valence-electron chi connectivity index (χ1n) is 7.38. The Bertz CT molecular complexity index is 631. The highest BCUT2D eigenvalue weighted by Crippen LogP contribution is 2.13. The lowest BCUT2D eigenvalue weighted by Gasteiger charge is -2.32. The Morgan fingerprint density at radius 3 is 2.64 bits per heavy atom. The molecule has 2 amide bonds. The largest absolute Gasteiger partial charge is 0.357 e. The Labute approximate surface area is 128 Å². The van der Waals surface area contributed by atoms with Crippen molar-refractivity contribution in [2.24, 2.45) is 0 Å². The molecule has 0 bridgehead atoms. The summed E-state index contributed by atoms with van der Waals surface area (Å²) in [6.07, 6.45) is 4.86. The number of hydrogen-bond donors (Lipinski definition) is 2. The number of rotatable bonds is 3. The van der Waals surface area contributed by atoms with Gasteiger partial charge in [-0.05, 0) is 37.1 Å². The second-order valence-electron chi connectivity index (χ2n) is 5.34. The fourth-order valence-electron chi connectivity index (χ4n) is 2.61. The number of pyridine rings is 1. The van der Waals surface area contributed by atoms with Crippen LogP contribution in [0.1, 0.15) is 33.8 Å². The van der Waals surface area contributed by atoms with Gasteiger partial charge < -0.3 is 15.2 Å². The SMILES string of the molecule is O=C(NC1CCN(C(=O)c2ccccn2)CC1)c1ccc[nH]1. The second kappa shape index (κ2) is 6.43. The van der Waals surface area contributed by atoms with Crippen molar-refractivity contribution in [3.8, 4) is 0 Å². The zero-order valence-electron chi connectivity index (χ0n) is 12.2. The molecule has 1 aliphatic heterocycles. The first kappa shape index (κ1) is 14.3. The number of aromatic nitrogens is 2. The van der Waals surface area contributed by atoms with E-state index in [-0.39, 0.29) is 17.9 Å². The molecular weight excluding hydrogens is 280 g/mol. The molecule has 0 atom stereocenters. The van der Waals surface area contributed by atoms with E-state index >= 15 is 0 Å². The quantitative estimate of drug-likeness (QED) is 0.900. The van der Waals surface area contributed by atoms with Crippen LogP contribution in [0.2, 0.25) is 0 Å². The lowest BCUT2D eigenvalue weighted by atomic mass is 10.0. The van der Waals surface area contributed by atoms with Crippen molar-refractivity contribution in [3.05, 3.63) is 54.1 Å². The molecule has 2 aromatic rings. The number of carbonyl (C=O) groups excluding carboxylic acids is 2. The van der Waals surface area contributed by atoms with Crippen LogP contribution in [0.15, 0.2) is 42.7 Å². The van der Waals surface area contributed by atoms with Gasteiger partial charge in [0.15, 0.2) is 0 Å². The fraction of sp³-hybridized carbons (Fsp3) is 0.312. The van der Waals surface area contributed by atoms with E-state index < -0.39 is 0 Å². The average molecular weight is 298 g/mol. The van der Waals surface area contributed by atoms with Gasteiger partial charge in [-0.1, -0.05) is 6.07 Å². The van der Waals surface area contributed by atoms with Crippen molar-refractivity contribution < 1.29 is 9.59 Å². The minimum absolute atomic E-state index is 0.0465. The molecule has 1 aliphatic rings. The lowest BCUT2D eigenvalue weighted by molar-refractivity contribution is 0.0692. The summed E-state index contributed by atoms with van der Waals surface area (Å²) in [5.74, 6) is -0.144. The molecule has 0 saturated carbocycles. The molecule has 0 aromatic carbocycles. The van der Waals surface area contributed by atoms with E-state index in [1.807, 2.05) is 6.07 Å². The normalized spacial score (nSPS) is 15.5. The van der Waals surface area contributed by atoms with Crippen molar-refractivity contribution in [2.75, 3.05) is 13.1 Å². The summed E-state index contributed by atoms with van der Waals surface area (Å²) in [4.78, 5) is 33.0. The number of nitrogens with one attached hydrogen (secondary N) is 2. The van der Waals surface area contributed by atoms with Gasteiger partial charge in [0.25, 0.3) is 11.8 Å². The van der Waals surface area contributed by atoms with Gasteiger partial charge in [-0.15, -0.1) is 0 Å². The second-order valence-corrected chi connectivity index (χ2v) is 5.34. The van der Waals surface area contributed by atoms with Gasteiger partial charge in [-0.25, -0.2) is 0 Å². The van der Waals surface area contributed by atoms with E-state index in [4.69, 9.17) is 0 Å². The summed E-state index contributed by atoms with van der Waals surface area (Å²) in [7, 11) is 0. The maximum atomic E-state index is 12.3. The Balaban J connectivity index is 1.52. The highest BCUT2D eigenvalue weighted by molar-refractivity contribution is 5.93. The van der Waals surface area contributed by atoms with Gasteiger partial charge in [0.05, 0.1) is 0 Å². The van der Waals surface area contributed by atoms with Crippen LogP contribution in [0.4, 0.5) is 0 Å². The molecule has 3 heterocycles. The summed E-state index contributed by atoms with van der Waals surface area (Å²) in [5.41, 5.74) is 1.03. The molecule has 1 saturated heterocycles. The van der Waals surface area contributed by atoms with Gasteiger partial charge in [-0.3, -0.25) is 14.6 Å². The molecule has 0 spiro atoms. The zero-order chi connectivity index (χ0) is 15.4. The number of aromatic amines is 1. The van der Waals surface area contributed by atoms with E-state index in [0.29, 0.717) is 24.5 Å². The Kier molecular flexibility index (Phi) is 4.18. The average Bonchev–Trinajstić information content (AvgIpc) is 3.10. The Morgan fingerprint density at radius 1 is 1.18 bits per heavy atom. The summed E-state index contributed by atoms with van der Waals surface area (Å²) >= 11 is 0. The van der Waals surface area contributed by atoms with E-state index in [1.54, 1.807) is 41.6 Å². The minimum atomic E-state index is -0.0977. The lowest BCUT2D eigenvalue weighted by Crippen LogP contribution is -2.46. The van der Waals surface area contributed by atoms with E-state index in [1.165, 1.54) is 0 Å². The van der Waals surface area contributed by atoms with E-state index in [2.05, 4.69) is 15.3 Å². The van der Waals surface area contributed by atoms with Gasteiger partial charge in [0, 0.05) is 31.5 Å². The first-order chi connectivity index (χ1) is 10.7. The van der Waals surface area contributed by atoms with Crippen LogP contribution in [-0.2, 0) is 0 Å².